The van der Waals surface area contributed by atoms with E-state index in [9.17, 15) is 14.4 Å². The Morgan fingerprint density at radius 3 is 2.42 bits per heavy atom. The number of carbonyl (C=O) groups excluding carboxylic acids is 2. The molecule has 0 aliphatic carbocycles. The zero-order valence-corrected chi connectivity index (χ0v) is 20.2. The second-order valence-corrected chi connectivity index (χ2v) is 8.07. The average molecular weight is 485 g/mol. The zero-order chi connectivity index (χ0) is 25.9. The van der Waals surface area contributed by atoms with Gasteiger partial charge in [0.2, 0.25) is 6.41 Å². The van der Waals surface area contributed by atoms with Crippen LogP contribution in [0.5, 0.6) is 5.75 Å². The van der Waals surface area contributed by atoms with Crippen molar-refractivity contribution in [2.24, 2.45) is 0 Å². The monoisotopic (exact) mass is 484 g/mol. The fraction of sp³-hybridized carbons (Fsp3) is 0.138. The molecule has 0 saturated heterocycles. The number of carboxylic acid groups (broad SMARTS) is 1. The number of amides is 2. The van der Waals surface area contributed by atoms with E-state index in [-0.39, 0.29) is 12.0 Å². The zero-order valence-electron chi connectivity index (χ0n) is 20.2. The van der Waals surface area contributed by atoms with Gasteiger partial charge in [-0.15, -0.1) is 0 Å². The van der Waals surface area contributed by atoms with Crippen LogP contribution in [0.4, 0.5) is 11.4 Å². The van der Waals surface area contributed by atoms with E-state index in [1.165, 1.54) is 29.5 Å². The van der Waals surface area contributed by atoms with Crippen LogP contribution in [0.3, 0.4) is 0 Å². The van der Waals surface area contributed by atoms with Gasteiger partial charge in [-0.05, 0) is 60.0 Å². The van der Waals surface area contributed by atoms with Crippen molar-refractivity contribution in [2.45, 2.75) is 19.8 Å². The van der Waals surface area contributed by atoms with E-state index in [1.807, 2.05) is 0 Å². The van der Waals surface area contributed by atoms with Crippen molar-refractivity contribution in [1.29, 1.82) is 0 Å². The van der Waals surface area contributed by atoms with Gasteiger partial charge in [-0.25, -0.2) is 0 Å². The van der Waals surface area contributed by atoms with E-state index in [4.69, 9.17) is 9.84 Å². The largest absolute Gasteiger partial charge is 0.497 e. The second-order valence-electron chi connectivity index (χ2n) is 8.07. The predicted octanol–water partition coefficient (Wildman–Crippen LogP) is 5.68. The summed E-state index contributed by atoms with van der Waals surface area (Å²) in [5.74, 6) is -0.814. The molecule has 0 bridgehead atoms. The lowest BCUT2D eigenvalue weighted by atomic mass is 10.1. The molecule has 184 valence electrons. The number of carboxylic acids is 1. The van der Waals surface area contributed by atoms with Crippen LogP contribution in [0.2, 0.25) is 0 Å². The standard InChI is InChI=1S/C18H18N2O5.C11H10/c1-25-14-6-7-16(19-11-21)15(10-14)18(24)20-13-4-2-3-12(9-13)5-8-17(22)23;1-9-6-7-10-4-2-3-5-11(10)8-9/h2-4,6-7,9-11H,5,8H2,1H3,(H,19,21)(H,20,24)(H,22,23);2-8H,1H3. The molecule has 2 amide bonds. The van der Waals surface area contributed by atoms with Crippen LogP contribution in [0.25, 0.3) is 10.8 Å². The summed E-state index contributed by atoms with van der Waals surface area (Å²) in [7, 11) is 1.48. The number of aryl methyl sites for hydroxylation is 2. The molecule has 0 unspecified atom stereocenters. The first-order valence-corrected chi connectivity index (χ1v) is 11.4. The van der Waals surface area contributed by atoms with Crippen molar-refractivity contribution in [2.75, 3.05) is 17.7 Å². The first kappa shape index (κ1) is 26.0. The number of hydrogen-bond donors (Lipinski definition) is 3. The van der Waals surface area contributed by atoms with Crippen LogP contribution in [0.15, 0.2) is 84.9 Å². The molecule has 0 aromatic heterocycles. The molecule has 7 nitrogen and oxygen atoms in total. The summed E-state index contributed by atoms with van der Waals surface area (Å²) in [5, 5.41) is 16.6. The number of ether oxygens (including phenoxy) is 1. The van der Waals surface area contributed by atoms with Crippen LogP contribution >= 0.6 is 0 Å². The Morgan fingerprint density at radius 1 is 0.917 bits per heavy atom. The molecule has 0 aliphatic rings. The van der Waals surface area contributed by atoms with Crippen molar-refractivity contribution < 1.29 is 24.2 Å². The summed E-state index contributed by atoms with van der Waals surface area (Å²) in [5.41, 5.74) is 3.27. The summed E-state index contributed by atoms with van der Waals surface area (Å²) in [6.07, 6.45) is 0.877. The lowest BCUT2D eigenvalue weighted by molar-refractivity contribution is -0.137. The summed E-state index contributed by atoms with van der Waals surface area (Å²) in [6, 6.07) is 26.6. The highest BCUT2D eigenvalue weighted by molar-refractivity contribution is 6.09. The minimum Gasteiger partial charge on any atom is -0.497 e. The van der Waals surface area contributed by atoms with Gasteiger partial charge in [-0.1, -0.05) is 60.2 Å². The molecule has 4 aromatic carbocycles. The second kappa shape index (κ2) is 12.7. The Balaban J connectivity index is 0.000000270. The maximum atomic E-state index is 12.5. The van der Waals surface area contributed by atoms with Crippen molar-refractivity contribution in [3.8, 4) is 5.75 Å². The highest BCUT2D eigenvalue weighted by Crippen LogP contribution is 2.23. The summed E-state index contributed by atoms with van der Waals surface area (Å²) >= 11 is 0. The van der Waals surface area contributed by atoms with Gasteiger partial charge in [0.05, 0.1) is 18.4 Å². The van der Waals surface area contributed by atoms with Gasteiger partial charge in [-0.3, -0.25) is 14.4 Å². The lowest BCUT2D eigenvalue weighted by Gasteiger charge is -2.12. The van der Waals surface area contributed by atoms with Gasteiger partial charge in [0.25, 0.3) is 5.91 Å². The third kappa shape index (κ3) is 7.43. The Bertz CT molecular complexity index is 1370. The fourth-order valence-corrected chi connectivity index (χ4v) is 3.59. The fourth-order valence-electron chi connectivity index (χ4n) is 3.59. The van der Waals surface area contributed by atoms with Crippen LogP contribution in [-0.2, 0) is 16.0 Å². The molecule has 0 spiro atoms. The highest BCUT2D eigenvalue weighted by atomic mass is 16.5. The molecule has 7 heteroatoms. The van der Waals surface area contributed by atoms with E-state index in [0.717, 1.165) is 5.56 Å². The number of benzene rings is 4. The quantitative estimate of drug-likeness (QED) is 0.279. The number of anilines is 2. The van der Waals surface area contributed by atoms with Crippen molar-refractivity contribution in [3.63, 3.8) is 0 Å². The number of fused-ring (bicyclic) bond motifs is 1. The average Bonchev–Trinajstić information content (AvgIpc) is 2.88. The van der Waals surface area contributed by atoms with E-state index in [1.54, 1.807) is 36.4 Å². The molecular weight excluding hydrogens is 456 g/mol. The molecule has 4 rings (SSSR count). The molecule has 0 saturated carbocycles. The van der Waals surface area contributed by atoms with E-state index in [2.05, 4.69) is 60.0 Å². The Kier molecular flexibility index (Phi) is 9.17. The third-order valence-electron chi connectivity index (χ3n) is 5.40. The SMILES string of the molecule is COc1ccc(NC=O)c(C(=O)Nc2cccc(CCC(=O)O)c2)c1.Cc1ccc2ccccc2c1. The maximum Gasteiger partial charge on any atom is 0.303 e. The van der Waals surface area contributed by atoms with Crippen molar-refractivity contribution in [3.05, 3.63) is 102 Å². The lowest BCUT2D eigenvalue weighted by Crippen LogP contribution is -2.15. The van der Waals surface area contributed by atoms with Crippen LogP contribution in [0.1, 0.15) is 27.9 Å². The number of aliphatic carboxylic acids is 1. The Hall–Kier alpha value is -4.65. The van der Waals surface area contributed by atoms with Gasteiger partial charge in [-0.2, -0.15) is 0 Å². The number of nitrogens with one attached hydrogen (secondary N) is 2. The normalized spacial score (nSPS) is 10.1. The first-order valence-electron chi connectivity index (χ1n) is 11.4. The summed E-state index contributed by atoms with van der Waals surface area (Å²) in [4.78, 5) is 33.9. The van der Waals surface area contributed by atoms with Crippen LogP contribution < -0.4 is 15.4 Å². The summed E-state index contributed by atoms with van der Waals surface area (Å²) < 4.78 is 5.11. The summed E-state index contributed by atoms with van der Waals surface area (Å²) in [6.45, 7) is 2.12. The number of hydrogen-bond acceptors (Lipinski definition) is 4. The van der Waals surface area contributed by atoms with Gasteiger partial charge in [0, 0.05) is 12.1 Å². The maximum absolute atomic E-state index is 12.5. The van der Waals surface area contributed by atoms with E-state index >= 15 is 0 Å². The minimum absolute atomic E-state index is 0.0146. The number of rotatable bonds is 8. The third-order valence-corrected chi connectivity index (χ3v) is 5.40. The molecule has 0 fully saturated rings. The van der Waals surface area contributed by atoms with E-state index in [0.29, 0.717) is 30.0 Å². The number of carbonyl (C=O) groups is 3. The topological polar surface area (TPSA) is 105 Å². The Morgan fingerprint density at radius 2 is 1.69 bits per heavy atom. The molecule has 36 heavy (non-hydrogen) atoms. The highest BCUT2D eigenvalue weighted by Gasteiger charge is 2.13. The van der Waals surface area contributed by atoms with Crippen molar-refractivity contribution >= 4 is 40.4 Å². The minimum atomic E-state index is -0.879. The molecule has 4 aromatic rings. The van der Waals surface area contributed by atoms with E-state index < -0.39 is 11.9 Å². The van der Waals surface area contributed by atoms with Crippen molar-refractivity contribution in [1.82, 2.24) is 0 Å². The van der Waals surface area contributed by atoms with Crippen LogP contribution in [-0.4, -0.2) is 30.5 Å². The molecule has 0 aliphatic heterocycles. The van der Waals surface area contributed by atoms with Gasteiger partial charge in [0.15, 0.2) is 0 Å². The Labute approximate surface area is 209 Å². The molecule has 0 heterocycles. The predicted molar refractivity (Wildman–Crippen MR) is 142 cm³/mol. The van der Waals surface area contributed by atoms with Gasteiger partial charge in [0.1, 0.15) is 5.75 Å². The van der Waals surface area contributed by atoms with Gasteiger partial charge < -0.3 is 20.5 Å². The smallest absolute Gasteiger partial charge is 0.303 e. The molecule has 0 radical (unpaired) electrons. The van der Waals surface area contributed by atoms with Crippen LogP contribution in [0, 0.1) is 6.92 Å². The number of methoxy groups -OCH3 is 1. The molecule has 3 N–H and O–H groups in total. The first-order chi connectivity index (χ1) is 17.4. The molecular formula is C29H28N2O5. The molecule has 0 atom stereocenters. The van der Waals surface area contributed by atoms with Gasteiger partial charge >= 0.3 is 5.97 Å².